The molecule has 1 heterocycles. The van der Waals surface area contributed by atoms with E-state index in [1.54, 1.807) is 0 Å². The summed E-state index contributed by atoms with van der Waals surface area (Å²) in [4.78, 5) is 6.64. The molecule has 0 spiro atoms. The highest BCUT2D eigenvalue weighted by Gasteiger charge is 2.37. The number of imidazole rings is 1. The zero-order valence-corrected chi connectivity index (χ0v) is 11.6. The molecule has 0 atom stereocenters. The Morgan fingerprint density at radius 1 is 1.42 bits per heavy atom. The number of benzene rings is 1. The highest BCUT2D eigenvalue weighted by Crippen LogP contribution is 2.41. The second-order valence-corrected chi connectivity index (χ2v) is 5.90. The van der Waals surface area contributed by atoms with E-state index in [0.29, 0.717) is 6.61 Å². The van der Waals surface area contributed by atoms with Crippen molar-refractivity contribution in [1.29, 1.82) is 0 Å². The van der Waals surface area contributed by atoms with Crippen molar-refractivity contribution in [2.24, 2.45) is 12.5 Å². The fraction of sp³-hybridized carbons (Fsp3) is 0.533. The molecule has 1 aliphatic rings. The van der Waals surface area contributed by atoms with E-state index in [1.807, 2.05) is 17.9 Å². The van der Waals surface area contributed by atoms with Gasteiger partial charge in [0.2, 0.25) is 0 Å². The van der Waals surface area contributed by atoms with Crippen LogP contribution in [0.5, 0.6) is 0 Å². The number of hydrogen-bond acceptors (Lipinski definition) is 3. The van der Waals surface area contributed by atoms with Gasteiger partial charge in [0.15, 0.2) is 0 Å². The van der Waals surface area contributed by atoms with Gasteiger partial charge in [-0.3, -0.25) is 0 Å². The first kappa shape index (κ1) is 12.5. The Hall–Kier alpha value is -1.55. The predicted molar refractivity (Wildman–Crippen MR) is 77.4 cm³/mol. The van der Waals surface area contributed by atoms with Crippen LogP contribution >= 0.6 is 0 Å². The molecule has 1 aliphatic carbocycles. The summed E-state index contributed by atoms with van der Waals surface area (Å²) in [5.74, 6) is 0. The number of fused-ring (bicyclic) bond motifs is 1. The third-order valence-electron chi connectivity index (χ3n) is 4.47. The maximum Gasteiger partial charge on any atom is 0.0955 e. The number of anilines is 1. The lowest BCUT2D eigenvalue weighted by Gasteiger charge is -2.43. The van der Waals surface area contributed by atoms with Gasteiger partial charge in [0.05, 0.1) is 24.0 Å². The van der Waals surface area contributed by atoms with Gasteiger partial charge in [-0.2, -0.15) is 0 Å². The summed E-state index contributed by atoms with van der Waals surface area (Å²) < 4.78 is 2.03. The normalized spacial score (nSPS) is 17.4. The van der Waals surface area contributed by atoms with Crippen LogP contribution in [-0.2, 0) is 7.05 Å². The van der Waals surface area contributed by atoms with Crippen LogP contribution in [0.15, 0.2) is 24.5 Å². The van der Waals surface area contributed by atoms with Gasteiger partial charge < -0.3 is 14.6 Å². The van der Waals surface area contributed by atoms with Crippen molar-refractivity contribution in [2.75, 3.05) is 25.1 Å². The number of rotatable bonds is 4. The molecule has 1 fully saturated rings. The molecule has 1 saturated carbocycles. The van der Waals surface area contributed by atoms with Crippen molar-refractivity contribution in [3.05, 3.63) is 24.5 Å². The molecule has 0 aliphatic heterocycles. The summed E-state index contributed by atoms with van der Waals surface area (Å²) in [5.41, 5.74) is 3.47. The van der Waals surface area contributed by atoms with Crippen LogP contribution in [0, 0.1) is 5.41 Å². The zero-order valence-electron chi connectivity index (χ0n) is 11.6. The fourth-order valence-electron chi connectivity index (χ4n) is 3.00. The molecule has 1 N–H and O–H groups in total. The molecule has 102 valence electrons. The molecule has 1 aromatic carbocycles. The van der Waals surface area contributed by atoms with E-state index in [2.05, 4.69) is 35.1 Å². The van der Waals surface area contributed by atoms with Crippen molar-refractivity contribution in [2.45, 2.75) is 19.3 Å². The van der Waals surface area contributed by atoms with Crippen LogP contribution in [0.2, 0.25) is 0 Å². The Morgan fingerprint density at radius 3 is 2.84 bits per heavy atom. The van der Waals surface area contributed by atoms with E-state index in [-0.39, 0.29) is 5.41 Å². The average Bonchev–Trinajstić information content (AvgIpc) is 2.75. The first-order chi connectivity index (χ1) is 9.13. The number of aryl methyl sites for hydroxylation is 1. The van der Waals surface area contributed by atoms with Gasteiger partial charge in [-0.1, -0.05) is 6.42 Å². The summed E-state index contributed by atoms with van der Waals surface area (Å²) in [6, 6.07) is 6.37. The van der Waals surface area contributed by atoms with E-state index in [0.717, 1.165) is 30.4 Å². The molecule has 19 heavy (non-hydrogen) atoms. The van der Waals surface area contributed by atoms with Crippen LogP contribution in [0.25, 0.3) is 11.0 Å². The summed E-state index contributed by atoms with van der Waals surface area (Å²) in [6.07, 6.45) is 5.36. The van der Waals surface area contributed by atoms with Gasteiger partial charge in [0.25, 0.3) is 0 Å². The summed E-state index contributed by atoms with van der Waals surface area (Å²) in [7, 11) is 4.10. The minimum atomic E-state index is 0.119. The van der Waals surface area contributed by atoms with Crippen molar-refractivity contribution >= 4 is 16.7 Å². The molecule has 0 radical (unpaired) electrons. The first-order valence-corrected chi connectivity index (χ1v) is 6.87. The van der Waals surface area contributed by atoms with E-state index in [4.69, 9.17) is 0 Å². The minimum Gasteiger partial charge on any atom is -0.396 e. The maximum atomic E-state index is 9.57. The monoisotopic (exact) mass is 259 g/mol. The number of nitrogens with zero attached hydrogens (tertiary/aromatic N) is 3. The van der Waals surface area contributed by atoms with Gasteiger partial charge in [-0.05, 0) is 31.0 Å². The molecule has 4 nitrogen and oxygen atoms in total. The standard InChI is InChI=1S/C15H21N3O/c1-17(9-15(10-19)6-3-7-15)12-4-5-14-13(8-12)16-11-18(14)2/h4-5,8,11,19H,3,6-7,9-10H2,1-2H3. The van der Waals surface area contributed by atoms with Gasteiger partial charge in [0, 0.05) is 31.7 Å². The molecule has 2 aromatic rings. The molecule has 0 amide bonds. The summed E-state index contributed by atoms with van der Waals surface area (Å²) in [5, 5.41) is 9.57. The summed E-state index contributed by atoms with van der Waals surface area (Å²) in [6.45, 7) is 1.21. The lowest BCUT2D eigenvalue weighted by Crippen LogP contribution is -2.43. The minimum absolute atomic E-state index is 0.119. The molecule has 1 aromatic heterocycles. The van der Waals surface area contributed by atoms with Crippen molar-refractivity contribution in [3.8, 4) is 0 Å². The lowest BCUT2D eigenvalue weighted by atomic mass is 9.69. The van der Waals surface area contributed by atoms with Crippen LogP contribution in [0.3, 0.4) is 0 Å². The Balaban J connectivity index is 1.83. The molecule has 3 rings (SSSR count). The topological polar surface area (TPSA) is 41.3 Å². The fourth-order valence-corrected chi connectivity index (χ4v) is 3.00. The van der Waals surface area contributed by atoms with Gasteiger partial charge in [-0.15, -0.1) is 0 Å². The van der Waals surface area contributed by atoms with Crippen LogP contribution in [0.4, 0.5) is 5.69 Å². The number of aliphatic hydroxyl groups is 1. The number of hydrogen-bond donors (Lipinski definition) is 1. The van der Waals surface area contributed by atoms with E-state index in [1.165, 1.54) is 12.1 Å². The molecule has 4 heteroatoms. The maximum absolute atomic E-state index is 9.57. The quantitative estimate of drug-likeness (QED) is 0.915. The van der Waals surface area contributed by atoms with Gasteiger partial charge >= 0.3 is 0 Å². The Labute approximate surface area is 113 Å². The SMILES string of the molecule is CN(CC1(CO)CCC1)c1ccc2c(c1)ncn2C. The summed E-state index contributed by atoms with van der Waals surface area (Å²) >= 11 is 0. The Morgan fingerprint density at radius 2 is 2.21 bits per heavy atom. The average molecular weight is 259 g/mol. The lowest BCUT2D eigenvalue weighted by molar-refractivity contribution is 0.0524. The second kappa shape index (κ2) is 4.53. The largest absolute Gasteiger partial charge is 0.396 e. The molecule has 0 bridgehead atoms. The van der Waals surface area contributed by atoms with E-state index < -0.39 is 0 Å². The molecular weight excluding hydrogens is 238 g/mol. The third-order valence-corrected chi connectivity index (χ3v) is 4.47. The molecular formula is C15H21N3O. The first-order valence-electron chi connectivity index (χ1n) is 6.87. The van der Waals surface area contributed by atoms with Crippen LogP contribution < -0.4 is 4.90 Å². The zero-order chi connectivity index (χ0) is 13.5. The Kier molecular flexibility index (Phi) is 2.97. The highest BCUT2D eigenvalue weighted by molar-refractivity contribution is 5.79. The van der Waals surface area contributed by atoms with Gasteiger partial charge in [-0.25, -0.2) is 4.98 Å². The Bertz CT molecular complexity index is 581. The smallest absolute Gasteiger partial charge is 0.0955 e. The van der Waals surface area contributed by atoms with Crippen molar-refractivity contribution in [1.82, 2.24) is 9.55 Å². The highest BCUT2D eigenvalue weighted by atomic mass is 16.3. The van der Waals surface area contributed by atoms with Crippen molar-refractivity contribution < 1.29 is 5.11 Å². The molecule has 0 saturated heterocycles. The third kappa shape index (κ3) is 2.10. The number of aromatic nitrogens is 2. The predicted octanol–water partition coefficient (Wildman–Crippen LogP) is 2.17. The van der Waals surface area contributed by atoms with E-state index in [9.17, 15) is 5.11 Å². The second-order valence-electron chi connectivity index (χ2n) is 5.90. The van der Waals surface area contributed by atoms with Crippen LogP contribution in [-0.4, -0.2) is 34.9 Å². The number of aliphatic hydroxyl groups excluding tert-OH is 1. The van der Waals surface area contributed by atoms with E-state index >= 15 is 0 Å². The van der Waals surface area contributed by atoms with Crippen molar-refractivity contribution in [3.63, 3.8) is 0 Å². The van der Waals surface area contributed by atoms with Gasteiger partial charge in [0.1, 0.15) is 0 Å². The van der Waals surface area contributed by atoms with Crippen LogP contribution in [0.1, 0.15) is 19.3 Å². The molecule has 0 unspecified atom stereocenters.